The molecular formula is C14H28N2O. The fraction of sp³-hybridized carbons (Fsp3) is 1.00. The predicted octanol–water partition coefficient (Wildman–Crippen LogP) is 1.73. The summed E-state index contributed by atoms with van der Waals surface area (Å²) >= 11 is 0. The molecule has 3 nitrogen and oxygen atoms in total. The van der Waals surface area contributed by atoms with Crippen molar-refractivity contribution in [1.82, 2.24) is 10.2 Å². The molecule has 2 fully saturated rings. The summed E-state index contributed by atoms with van der Waals surface area (Å²) < 4.78 is 5.36. The minimum Gasteiger partial charge on any atom is -0.381 e. The van der Waals surface area contributed by atoms with Crippen molar-refractivity contribution in [3.63, 3.8) is 0 Å². The molecule has 1 N–H and O–H groups in total. The second-order valence-electron chi connectivity index (χ2n) is 6.18. The van der Waals surface area contributed by atoms with E-state index < -0.39 is 0 Å². The van der Waals surface area contributed by atoms with Gasteiger partial charge in [0.2, 0.25) is 0 Å². The first-order valence-electron chi connectivity index (χ1n) is 7.16. The van der Waals surface area contributed by atoms with Gasteiger partial charge < -0.3 is 10.1 Å². The molecule has 0 aromatic carbocycles. The number of methoxy groups -OCH3 is 1. The molecule has 1 heterocycles. The first-order valence-corrected chi connectivity index (χ1v) is 7.16. The number of hydrogen-bond donors (Lipinski definition) is 1. The zero-order valence-electron chi connectivity index (χ0n) is 11.6. The van der Waals surface area contributed by atoms with Crippen LogP contribution in [0, 0.1) is 11.8 Å². The van der Waals surface area contributed by atoms with E-state index in [9.17, 15) is 0 Å². The van der Waals surface area contributed by atoms with Gasteiger partial charge in [-0.2, -0.15) is 0 Å². The van der Waals surface area contributed by atoms with Gasteiger partial charge in [0.25, 0.3) is 0 Å². The lowest BCUT2D eigenvalue weighted by Crippen LogP contribution is -2.47. The third-order valence-electron chi connectivity index (χ3n) is 4.22. The maximum atomic E-state index is 5.36. The van der Waals surface area contributed by atoms with Crippen LogP contribution in [0.1, 0.15) is 33.1 Å². The van der Waals surface area contributed by atoms with Gasteiger partial charge in [-0.05, 0) is 50.7 Å². The van der Waals surface area contributed by atoms with E-state index in [1.807, 2.05) is 7.11 Å². The quantitative estimate of drug-likeness (QED) is 0.765. The Labute approximate surface area is 106 Å². The summed E-state index contributed by atoms with van der Waals surface area (Å²) in [4.78, 5) is 2.68. The molecule has 0 radical (unpaired) electrons. The van der Waals surface area contributed by atoms with Crippen LogP contribution in [0.15, 0.2) is 0 Å². The third-order valence-corrected chi connectivity index (χ3v) is 4.22. The highest BCUT2D eigenvalue weighted by atomic mass is 16.5. The molecule has 0 aromatic heterocycles. The lowest BCUT2D eigenvalue weighted by molar-refractivity contribution is -0.0211. The fourth-order valence-electron chi connectivity index (χ4n) is 2.97. The molecule has 3 heteroatoms. The minimum atomic E-state index is 0.540. The number of hydrogen-bond acceptors (Lipinski definition) is 3. The maximum absolute atomic E-state index is 5.36. The van der Waals surface area contributed by atoms with Gasteiger partial charge in [0.1, 0.15) is 0 Å². The zero-order chi connectivity index (χ0) is 12.3. The van der Waals surface area contributed by atoms with Crippen molar-refractivity contribution < 1.29 is 4.74 Å². The summed E-state index contributed by atoms with van der Waals surface area (Å²) in [6.45, 7) is 9.50. The molecule has 1 saturated carbocycles. The standard InChI is InChI=1S/C14H28N2O/c1-11(2)8-15-9-12-4-5-16(10-12)13-6-14(7-13)17-3/h11-15H,4-10H2,1-3H3. The van der Waals surface area contributed by atoms with Gasteiger partial charge in [-0.25, -0.2) is 0 Å². The summed E-state index contributed by atoms with van der Waals surface area (Å²) in [5, 5.41) is 3.59. The smallest absolute Gasteiger partial charge is 0.0601 e. The summed E-state index contributed by atoms with van der Waals surface area (Å²) in [5.74, 6) is 1.64. The number of nitrogens with zero attached hydrogens (tertiary/aromatic N) is 1. The fourth-order valence-corrected chi connectivity index (χ4v) is 2.97. The van der Waals surface area contributed by atoms with Crippen LogP contribution in [0.4, 0.5) is 0 Å². The van der Waals surface area contributed by atoms with Crippen molar-refractivity contribution in [3.05, 3.63) is 0 Å². The number of likely N-dealkylation sites (tertiary alicyclic amines) is 1. The first-order chi connectivity index (χ1) is 8.19. The van der Waals surface area contributed by atoms with Crippen molar-refractivity contribution in [1.29, 1.82) is 0 Å². The Bertz CT molecular complexity index is 226. The van der Waals surface area contributed by atoms with Crippen LogP contribution in [-0.2, 0) is 4.74 Å². The van der Waals surface area contributed by atoms with Crippen LogP contribution in [0.5, 0.6) is 0 Å². The molecule has 0 bridgehead atoms. The number of rotatable bonds is 6. The Morgan fingerprint density at radius 2 is 2.12 bits per heavy atom. The predicted molar refractivity (Wildman–Crippen MR) is 71.2 cm³/mol. The summed E-state index contributed by atoms with van der Waals surface area (Å²) in [6, 6.07) is 0.815. The van der Waals surface area contributed by atoms with Crippen LogP contribution in [0.25, 0.3) is 0 Å². The van der Waals surface area contributed by atoms with E-state index >= 15 is 0 Å². The van der Waals surface area contributed by atoms with Gasteiger partial charge >= 0.3 is 0 Å². The average Bonchev–Trinajstić information content (AvgIpc) is 2.64. The molecule has 0 aromatic rings. The largest absolute Gasteiger partial charge is 0.381 e. The van der Waals surface area contributed by atoms with Crippen molar-refractivity contribution >= 4 is 0 Å². The van der Waals surface area contributed by atoms with Gasteiger partial charge in [0.05, 0.1) is 6.10 Å². The van der Waals surface area contributed by atoms with E-state index in [1.165, 1.54) is 38.9 Å². The minimum absolute atomic E-state index is 0.540. The van der Waals surface area contributed by atoms with E-state index in [1.54, 1.807) is 0 Å². The molecule has 17 heavy (non-hydrogen) atoms. The molecular weight excluding hydrogens is 212 g/mol. The lowest BCUT2D eigenvalue weighted by atomic mass is 9.88. The molecule has 2 aliphatic rings. The summed E-state index contributed by atoms with van der Waals surface area (Å²) in [7, 11) is 1.84. The second kappa shape index (κ2) is 6.17. The molecule has 1 aliphatic carbocycles. The molecule has 1 unspecified atom stereocenters. The van der Waals surface area contributed by atoms with Crippen LogP contribution in [0.3, 0.4) is 0 Å². The van der Waals surface area contributed by atoms with Gasteiger partial charge in [-0.3, -0.25) is 4.90 Å². The average molecular weight is 240 g/mol. The molecule has 0 spiro atoms. The Morgan fingerprint density at radius 1 is 1.35 bits per heavy atom. The second-order valence-corrected chi connectivity index (χ2v) is 6.18. The SMILES string of the molecule is COC1CC(N2CCC(CNCC(C)C)C2)C1. The third kappa shape index (κ3) is 3.67. The van der Waals surface area contributed by atoms with Crippen LogP contribution in [0.2, 0.25) is 0 Å². The lowest BCUT2D eigenvalue weighted by Gasteiger charge is -2.40. The van der Waals surface area contributed by atoms with Crippen LogP contribution < -0.4 is 5.32 Å². The van der Waals surface area contributed by atoms with Gasteiger partial charge in [-0.1, -0.05) is 13.8 Å². The Kier molecular flexibility index (Phi) is 4.83. The van der Waals surface area contributed by atoms with Crippen LogP contribution >= 0.6 is 0 Å². The monoisotopic (exact) mass is 240 g/mol. The van der Waals surface area contributed by atoms with Crippen molar-refractivity contribution in [3.8, 4) is 0 Å². The highest BCUT2D eigenvalue weighted by molar-refractivity contribution is 4.91. The van der Waals surface area contributed by atoms with E-state index in [4.69, 9.17) is 4.74 Å². The number of nitrogens with one attached hydrogen (secondary N) is 1. The normalized spacial score (nSPS) is 34.2. The Hall–Kier alpha value is -0.120. The molecule has 100 valence electrons. The van der Waals surface area contributed by atoms with Crippen LogP contribution in [-0.4, -0.2) is 50.3 Å². The van der Waals surface area contributed by atoms with Gasteiger partial charge in [0.15, 0.2) is 0 Å². The molecule has 0 amide bonds. The van der Waals surface area contributed by atoms with Gasteiger partial charge in [-0.15, -0.1) is 0 Å². The van der Waals surface area contributed by atoms with E-state index in [0.29, 0.717) is 6.10 Å². The molecule has 1 aliphatic heterocycles. The zero-order valence-corrected chi connectivity index (χ0v) is 11.6. The number of ether oxygens (including phenoxy) is 1. The molecule has 2 rings (SSSR count). The van der Waals surface area contributed by atoms with Crippen molar-refractivity contribution in [2.24, 2.45) is 11.8 Å². The van der Waals surface area contributed by atoms with E-state index in [-0.39, 0.29) is 0 Å². The topological polar surface area (TPSA) is 24.5 Å². The first kappa shape index (κ1) is 13.3. The van der Waals surface area contributed by atoms with E-state index in [0.717, 1.165) is 24.4 Å². The van der Waals surface area contributed by atoms with Crippen molar-refractivity contribution in [2.45, 2.75) is 45.3 Å². The highest BCUT2D eigenvalue weighted by Gasteiger charge is 2.36. The summed E-state index contributed by atoms with van der Waals surface area (Å²) in [6.07, 6.45) is 4.42. The van der Waals surface area contributed by atoms with E-state index in [2.05, 4.69) is 24.1 Å². The van der Waals surface area contributed by atoms with Gasteiger partial charge in [0, 0.05) is 19.7 Å². The maximum Gasteiger partial charge on any atom is 0.0601 e. The Morgan fingerprint density at radius 3 is 2.76 bits per heavy atom. The Balaban J connectivity index is 1.59. The van der Waals surface area contributed by atoms with Crippen molar-refractivity contribution in [2.75, 3.05) is 33.3 Å². The molecule has 1 saturated heterocycles. The summed E-state index contributed by atoms with van der Waals surface area (Å²) in [5.41, 5.74) is 0. The molecule has 1 atom stereocenters. The highest BCUT2D eigenvalue weighted by Crippen LogP contribution is 2.31.